The van der Waals surface area contributed by atoms with Crippen LogP contribution in [0.3, 0.4) is 0 Å². The quantitative estimate of drug-likeness (QED) is 0.501. The zero-order valence-corrected chi connectivity index (χ0v) is 16.6. The number of benzene rings is 2. The molecular formula is C25H29F3. The van der Waals surface area contributed by atoms with Crippen LogP contribution in [0.4, 0.5) is 13.2 Å². The van der Waals surface area contributed by atoms with Gasteiger partial charge < -0.3 is 0 Å². The molecule has 0 nitrogen and oxygen atoms in total. The Morgan fingerprint density at radius 1 is 0.786 bits per heavy atom. The molecule has 0 radical (unpaired) electrons. The Bertz CT molecular complexity index is 829. The molecule has 4 atom stereocenters. The third kappa shape index (κ3) is 3.99. The van der Waals surface area contributed by atoms with E-state index in [0.717, 1.165) is 48.3 Å². The number of fused-ring (bicyclic) bond motifs is 1. The van der Waals surface area contributed by atoms with Crippen LogP contribution in [0.25, 0.3) is 11.1 Å². The van der Waals surface area contributed by atoms with Gasteiger partial charge in [0.05, 0.1) is 0 Å². The predicted molar refractivity (Wildman–Crippen MR) is 108 cm³/mol. The fourth-order valence-corrected chi connectivity index (χ4v) is 5.64. The normalized spacial score (nSPS) is 27.4. The van der Waals surface area contributed by atoms with Crippen LogP contribution in [0.5, 0.6) is 0 Å². The second-order valence-corrected chi connectivity index (χ2v) is 8.87. The van der Waals surface area contributed by atoms with Crippen molar-refractivity contribution in [1.82, 2.24) is 0 Å². The van der Waals surface area contributed by atoms with Gasteiger partial charge in [0.1, 0.15) is 5.82 Å². The molecule has 4 rings (SSSR count). The lowest BCUT2D eigenvalue weighted by Crippen LogP contribution is -2.30. The molecule has 0 aliphatic heterocycles. The topological polar surface area (TPSA) is 0 Å². The number of halogens is 3. The first kappa shape index (κ1) is 19.5. The monoisotopic (exact) mass is 386 g/mol. The lowest BCUT2D eigenvalue weighted by atomic mass is 9.63. The summed E-state index contributed by atoms with van der Waals surface area (Å²) < 4.78 is 41.4. The summed E-state index contributed by atoms with van der Waals surface area (Å²) in [6, 6.07) is 8.86. The molecule has 2 saturated carbocycles. The molecule has 0 saturated heterocycles. The molecule has 2 fully saturated rings. The van der Waals surface area contributed by atoms with E-state index in [-0.39, 0.29) is 5.82 Å². The minimum absolute atomic E-state index is 0.330. The Hall–Kier alpha value is -1.77. The van der Waals surface area contributed by atoms with Crippen LogP contribution in [0.1, 0.15) is 69.8 Å². The summed E-state index contributed by atoms with van der Waals surface area (Å²) in [5, 5.41) is 0. The maximum atomic E-state index is 14.8. The first-order valence-corrected chi connectivity index (χ1v) is 10.8. The molecule has 28 heavy (non-hydrogen) atoms. The largest absolute Gasteiger partial charge is 0.206 e. The molecule has 2 aromatic rings. The van der Waals surface area contributed by atoms with E-state index in [1.165, 1.54) is 44.6 Å². The lowest BCUT2D eigenvalue weighted by Gasteiger charge is -2.42. The molecule has 0 spiro atoms. The molecule has 0 heterocycles. The van der Waals surface area contributed by atoms with Crippen molar-refractivity contribution in [3.63, 3.8) is 0 Å². The SMILES string of the molecule is CCCC1CCC2CC(c3ccc(-c4ccc(F)c(F)c4)c(F)c3)CCC2C1. The minimum atomic E-state index is -0.946. The molecular weight excluding hydrogens is 357 g/mol. The zero-order valence-electron chi connectivity index (χ0n) is 16.6. The van der Waals surface area contributed by atoms with Gasteiger partial charge in [-0.05, 0) is 85.1 Å². The molecule has 150 valence electrons. The summed E-state index contributed by atoms with van der Waals surface area (Å²) in [4.78, 5) is 0. The molecule has 3 heteroatoms. The van der Waals surface area contributed by atoms with E-state index < -0.39 is 11.6 Å². The fraction of sp³-hybridized carbons (Fsp3) is 0.520. The Morgan fingerprint density at radius 2 is 1.57 bits per heavy atom. The van der Waals surface area contributed by atoms with Gasteiger partial charge in [-0.25, -0.2) is 13.2 Å². The molecule has 0 aromatic heterocycles. The summed E-state index contributed by atoms with van der Waals surface area (Å²) in [5.41, 5.74) is 1.76. The summed E-state index contributed by atoms with van der Waals surface area (Å²) in [6.07, 6.45) is 10.2. The van der Waals surface area contributed by atoms with Gasteiger partial charge in [-0.2, -0.15) is 0 Å². The first-order valence-electron chi connectivity index (χ1n) is 10.8. The number of hydrogen-bond acceptors (Lipinski definition) is 0. The van der Waals surface area contributed by atoms with Gasteiger partial charge in [0.25, 0.3) is 0 Å². The maximum absolute atomic E-state index is 14.8. The molecule has 2 aliphatic rings. The third-order valence-electron chi connectivity index (χ3n) is 7.11. The molecule has 4 unspecified atom stereocenters. The van der Waals surface area contributed by atoms with E-state index in [1.807, 2.05) is 6.07 Å². The summed E-state index contributed by atoms with van der Waals surface area (Å²) >= 11 is 0. The Balaban J connectivity index is 1.47. The maximum Gasteiger partial charge on any atom is 0.159 e. The van der Waals surface area contributed by atoms with Gasteiger partial charge in [0.15, 0.2) is 11.6 Å². The van der Waals surface area contributed by atoms with E-state index in [9.17, 15) is 13.2 Å². The molecule has 0 bridgehead atoms. The van der Waals surface area contributed by atoms with Crippen LogP contribution in [0.15, 0.2) is 36.4 Å². The standard InChI is InChI=1S/C25H29F3/c1-2-3-16-4-5-18-13-19(7-6-17(18)12-16)20-8-10-22(24(27)14-20)21-9-11-23(26)25(28)15-21/h8-11,14-19H,2-7,12-13H2,1H3. The number of hydrogen-bond donors (Lipinski definition) is 0. The highest BCUT2D eigenvalue weighted by Gasteiger charge is 2.35. The average molecular weight is 387 g/mol. The van der Waals surface area contributed by atoms with E-state index in [1.54, 1.807) is 12.1 Å². The van der Waals surface area contributed by atoms with Gasteiger partial charge >= 0.3 is 0 Å². The molecule has 2 aromatic carbocycles. The highest BCUT2D eigenvalue weighted by molar-refractivity contribution is 5.64. The average Bonchev–Trinajstić information content (AvgIpc) is 2.70. The smallest absolute Gasteiger partial charge is 0.159 e. The molecule has 0 N–H and O–H groups in total. The van der Waals surface area contributed by atoms with E-state index >= 15 is 0 Å². The van der Waals surface area contributed by atoms with Gasteiger partial charge in [-0.15, -0.1) is 0 Å². The van der Waals surface area contributed by atoms with Crippen LogP contribution in [-0.2, 0) is 0 Å². The number of rotatable bonds is 4. The Kier molecular flexibility index (Phi) is 5.80. The van der Waals surface area contributed by atoms with Gasteiger partial charge in [-0.1, -0.05) is 44.4 Å². The Morgan fingerprint density at radius 3 is 2.32 bits per heavy atom. The van der Waals surface area contributed by atoms with Crippen molar-refractivity contribution in [2.24, 2.45) is 17.8 Å². The van der Waals surface area contributed by atoms with E-state index in [4.69, 9.17) is 0 Å². The van der Waals surface area contributed by atoms with Crippen molar-refractivity contribution in [2.75, 3.05) is 0 Å². The minimum Gasteiger partial charge on any atom is -0.206 e. The summed E-state index contributed by atoms with van der Waals surface area (Å²) in [6.45, 7) is 2.28. The second kappa shape index (κ2) is 8.31. The first-order chi connectivity index (χ1) is 13.5. The lowest BCUT2D eigenvalue weighted by molar-refractivity contribution is 0.114. The van der Waals surface area contributed by atoms with Crippen LogP contribution in [-0.4, -0.2) is 0 Å². The van der Waals surface area contributed by atoms with Crippen molar-refractivity contribution >= 4 is 0 Å². The van der Waals surface area contributed by atoms with Crippen molar-refractivity contribution in [2.45, 2.75) is 64.2 Å². The van der Waals surface area contributed by atoms with Crippen LogP contribution in [0.2, 0.25) is 0 Å². The van der Waals surface area contributed by atoms with Crippen molar-refractivity contribution in [3.8, 4) is 11.1 Å². The van der Waals surface area contributed by atoms with Crippen LogP contribution >= 0.6 is 0 Å². The molecule has 2 aliphatic carbocycles. The molecule has 0 amide bonds. The Labute approximate surface area is 166 Å². The van der Waals surface area contributed by atoms with Crippen molar-refractivity contribution in [1.29, 1.82) is 0 Å². The second-order valence-electron chi connectivity index (χ2n) is 8.87. The van der Waals surface area contributed by atoms with Gasteiger partial charge in [0.2, 0.25) is 0 Å². The van der Waals surface area contributed by atoms with E-state index in [0.29, 0.717) is 17.0 Å². The van der Waals surface area contributed by atoms with Crippen molar-refractivity contribution in [3.05, 3.63) is 59.4 Å². The van der Waals surface area contributed by atoms with Crippen LogP contribution in [0, 0.1) is 35.2 Å². The summed E-state index contributed by atoms with van der Waals surface area (Å²) in [7, 11) is 0. The van der Waals surface area contributed by atoms with Crippen LogP contribution < -0.4 is 0 Å². The van der Waals surface area contributed by atoms with Gasteiger partial charge in [0, 0.05) is 5.56 Å². The third-order valence-corrected chi connectivity index (χ3v) is 7.11. The van der Waals surface area contributed by atoms with Gasteiger partial charge in [-0.3, -0.25) is 0 Å². The highest BCUT2D eigenvalue weighted by atomic mass is 19.2. The summed E-state index contributed by atoms with van der Waals surface area (Å²) in [5.74, 6) is 0.753. The zero-order chi connectivity index (χ0) is 19.7. The fourth-order valence-electron chi connectivity index (χ4n) is 5.64. The predicted octanol–water partition coefficient (Wildman–Crippen LogP) is 7.87. The van der Waals surface area contributed by atoms with Crippen molar-refractivity contribution < 1.29 is 13.2 Å². The highest BCUT2D eigenvalue weighted by Crippen LogP contribution is 2.48. The van der Waals surface area contributed by atoms with E-state index in [2.05, 4.69) is 6.92 Å².